The van der Waals surface area contributed by atoms with Crippen LogP contribution < -0.4 is 10.2 Å². The smallest absolute Gasteiger partial charge is 0.193 e. The van der Waals surface area contributed by atoms with Gasteiger partial charge in [0.2, 0.25) is 0 Å². The molecular weight excluding hydrogens is 352 g/mol. The van der Waals surface area contributed by atoms with Gasteiger partial charge < -0.3 is 19.9 Å². The van der Waals surface area contributed by atoms with Crippen molar-refractivity contribution in [1.82, 2.24) is 20.1 Å². The number of anilines is 1. The highest BCUT2D eigenvalue weighted by molar-refractivity contribution is 5.80. The van der Waals surface area contributed by atoms with E-state index < -0.39 is 0 Å². The van der Waals surface area contributed by atoms with Gasteiger partial charge >= 0.3 is 0 Å². The topological polar surface area (TPSA) is 56.2 Å². The minimum absolute atomic E-state index is 0.255. The Hall–Kier alpha value is -2.12. The summed E-state index contributed by atoms with van der Waals surface area (Å²) in [7, 11) is 1.88. The van der Waals surface area contributed by atoms with Crippen molar-refractivity contribution in [1.29, 1.82) is 0 Å². The van der Waals surface area contributed by atoms with Crippen molar-refractivity contribution in [2.45, 2.75) is 32.0 Å². The SMILES string of the molecule is CN=C(NCc1ccnc(N2CCOC(C)C2)c1)N1CCC(N2CC=CC2)C1. The molecule has 2 saturated heterocycles. The van der Waals surface area contributed by atoms with Crippen LogP contribution in [0.15, 0.2) is 35.5 Å². The van der Waals surface area contributed by atoms with Crippen LogP contribution in [0.3, 0.4) is 0 Å². The minimum Gasteiger partial charge on any atom is -0.375 e. The highest BCUT2D eigenvalue weighted by Gasteiger charge is 2.29. The first-order valence-electron chi connectivity index (χ1n) is 10.4. The second-order valence-corrected chi connectivity index (χ2v) is 7.86. The third kappa shape index (κ3) is 4.47. The first-order valence-corrected chi connectivity index (χ1v) is 10.4. The molecule has 4 rings (SSSR count). The van der Waals surface area contributed by atoms with Crippen molar-refractivity contribution in [2.24, 2.45) is 4.99 Å². The molecule has 3 aliphatic heterocycles. The highest BCUT2D eigenvalue weighted by Crippen LogP contribution is 2.19. The van der Waals surface area contributed by atoms with E-state index in [9.17, 15) is 0 Å². The molecule has 2 atom stereocenters. The normalized spacial score (nSPS) is 26.3. The van der Waals surface area contributed by atoms with Crippen molar-refractivity contribution in [3.05, 3.63) is 36.0 Å². The molecule has 1 N–H and O–H groups in total. The molecule has 3 aliphatic rings. The maximum Gasteiger partial charge on any atom is 0.193 e. The molecular formula is C21H32N6O. The minimum atomic E-state index is 0.255. The Bertz CT molecular complexity index is 713. The lowest BCUT2D eigenvalue weighted by molar-refractivity contribution is 0.0529. The first-order chi connectivity index (χ1) is 13.7. The Morgan fingerprint density at radius 2 is 2.14 bits per heavy atom. The maximum absolute atomic E-state index is 5.65. The fraction of sp³-hybridized carbons (Fsp3) is 0.619. The van der Waals surface area contributed by atoms with Crippen LogP contribution >= 0.6 is 0 Å². The Labute approximate surface area is 168 Å². The van der Waals surface area contributed by atoms with Gasteiger partial charge in [-0.2, -0.15) is 0 Å². The van der Waals surface area contributed by atoms with Crippen molar-refractivity contribution in [3.63, 3.8) is 0 Å². The fourth-order valence-corrected chi connectivity index (χ4v) is 4.31. The third-order valence-corrected chi connectivity index (χ3v) is 5.86. The van der Waals surface area contributed by atoms with E-state index in [2.05, 4.69) is 61.2 Å². The highest BCUT2D eigenvalue weighted by atomic mass is 16.5. The summed E-state index contributed by atoms with van der Waals surface area (Å²) < 4.78 is 5.65. The molecule has 0 saturated carbocycles. The van der Waals surface area contributed by atoms with Gasteiger partial charge in [0.15, 0.2) is 5.96 Å². The Morgan fingerprint density at radius 3 is 2.93 bits per heavy atom. The number of morpholine rings is 1. The van der Waals surface area contributed by atoms with Crippen LogP contribution in [0.4, 0.5) is 5.82 Å². The van der Waals surface area contributed by atoms with Crippen LogP contribution in [0.1, 0.15) is 18.9 Å². The molecule has 0 aliphatic carbocycles. The van der Waals surface area contributed by atoms with Gasteiger partial charge in [-0.3, -0.25) is 9.89 Å². The quantitative estimate of drug-likeness (QED) is 0.480. The number of likely N-dealkylation sites (tertiary alicyclic amines) is 1. The average Bonchev–Trinajstić information content (AvgIpc) is 3.41. The summed E-state index contributed by atoms with van der Waals surface area (Å²) in [6.07, 6.45) is 7.90. The summed E-state index contributed by atoms with van der Waals surface area (Å²) in [5, 5.41) is 3.55. The summed E-state index contributed by atoms with van der Waals surface area (Å²) in [5.74, 6) is 2.03. The van der Waals surface area contributed by atoms with E-state index in [0.29, 0.717) is 6.04 Å². The van der Waals surface area contributed by atoms with Crippen LogP contribution in [0.25, 0.3) is 0 Å². The molecule has 2 fully saturated rings. The zero-order valence-corrected chi connectivity index (χ0v) is 17.0. The van der Waals surface area contributed by atoms with Crippen molar-refractivity contribution in [3.8, 4) is 0 Å². The number of aromatic nitrogens is 1. The van der Waals surface area contributed by atoms with Crippen molar-refractivity contribution in [2.75, 3.05) is 57.8 Å². The first kappa shape index (κ1) is 19.2. The van der Waals surface area contributed by atoms with E-state index >= 15 is 0 Å². The Balaban J connectivity index is 1.32. The second-order valence-electron chi connectivity index (χ2n) is 7.86. The van der Waals surface area contributed by atoms with Gasteiger partial charge in [0, 0.05) is 65.1 Å². The molecule has 1 aromatic rings. The van der Waals surface area contributed by atoms with Crippen LogP contribution in [0.2, 0.25) is 0 Å². The van der Waals surface area contributed by atoms with E-state index in [-0.39, 0.29) is 6.10 Å². The largest absolute Gasteiger partial charge is 0.375 e. The number of nitrogens with zero attached hydrogens (tertiary/aromatic N) is 5. The summed E-state index contributed by atoms with van der Waals surface area (Å²) in [6.45, 7) is 9.72. The van der Waals surface area contributed by atoms with Gasteiger partial charge in [0.25, 0.3) is 0 Å². The van der Waals surface area contributed by atoms with Gasteiger partial charge in [-0.05, 0) is 31.0 Å². The average molecular weight is 385 g/mol. The van der Waals surface area contributed by atoms with Gasteiger partial charge in [0.05, 0.1) is 12.7 Å². The third-order valence-electron chi connectivity index (χ3n) is 5.86. The number of rotatable bonds is 4. The monoisotopic (exact) mass is 384 g/mol. The standard InChI is InChI=1S/C21H32N6O/c1-17-15-26(11-12-28-17)20-13-18(5-7-23-20)14-24-21(22-2)27-10-6-19(16-27)25-8-3-4-9-25/h3-5,7,13,17,19H,6,8-12,14-16H2,1-2H3,(H,22,24). The molecule has 7 nitrogen and oxygen atoms in total. The van der Waals surface area contributed by atoms with Gasteiger partial charge in [-0.15, -0.1) is 0 Å². The van der Waals surface area contributed by atoms with E-state index in [1.807, 2.05) is 13.2 Å². The number of hydrogen-bond acceptors (Lipinski definition) is 5. The van der Waals surface area contributed by atoms with Crippen LogP contribution in [0, 0.1) is 0 Å². The predicted octanol–water partition coefficient (Wildman–Crippen LogP) is 1.33. The molecule has 4 heterocycles. The lowest BCUT2D eigenvalue weighted by Crippen LogP contribution is -2.42. The zero-order chi connectivity index (χ0) is 19.3. The predicted molar refractivity (Wildman–Crippen MR) is 113 cm³/mol. The molecule has 0 amide bonds. The molecule has 1 aromatic heterocycles. The van der Waals surface area contributed by atoms with Crippen LogP contribution in [-0.2, 0) is 11.3 Å². The fourth-order valence-electron chi connectivity index (χ4n) is 4.31. The molecule has 152 valence electrons. The molecule has 7 heteroatoms. The van der Waals surface area contributed by atoms with E-state index in [1.54, 1.807) is 0 Å². The molecule has 28 heavy (non-hydrogen) atoms. The summed E-state index contributed by atoms with van der Waals surface area (Å²) in [4.78, 5) is 16.3. The van der Waals surface area contributed by atoms with E-state index in [1.165, 1.54) is 12.0 Å². The number of nitrogens with one attached hydrogen (secondary N) is 1. The van der Waals surface area contributed by atoms with Gasteiger partial charge in [-0.1, -0.05) is 12.2 Å². The Morgan fingerprint density at radius 1 is 1.29 bits per heavy atom. The number of aliphatic imine (C=N–C) groups is 1. The van der Waals surface area contributed by atoms with E-state index in [4.69, 9.17) is 4.74 Å². The molecule has 0 aromatic carbocycles. The lowest BCUT2D eigenvalue weighted by Gasteiger charge is -2.32. The van der Waals surface area contributed by atoms with Crippen molar-refractivity contribution < 1.29 is 4.74 Å². The number of hydrogen-bond donors (Lipinski definition) is 1. The van der Waals surface area contributed by atoms with Gasteiger partial charge in [-0.25, -0.2) is 4.98 Å². The molecule has 2 unspecified atom stereocenters. The zero-order valence-electron chi connectivity index (χ0n) is 17.0. The van der Waals surface area contributed by atoms with Gasteiger partial charge in [0.1, 0.15) is 5.82 Å². The number of guanidine groups is 1. The van der Waals surface area contributed by atoms with Crippen LogP contribution in [-0.4, -0.2) is 85.8 Å². The molecule has 0 spiro atoms. The van der Waals surface area contributed by atoms with Crippen molar-refractivity contribution >= 4 is 11.8 Å². The molecule has 0 radical (unpaired) electrons. The second kappa shape index (κ2) is 8.92. The Kier molecular flexibility index (Phi) is 6.12. The summed E-state index contributed by atoms with van der Waals surface area (Å²) >= 11 is 0. The maximum atomic E-state index is 5.65. The number of ether oxygens (including phenoxy) is 1. The summed E-state index contributed by atoms with van der Waals surface area (Å²) in [5.41, 5.74) is 1.23. The lowest BCUT2D eigenvalue weighted by atomic mass is 10.2. The molecule has 0 bridgehead atoms. The van der Waals surface area contributed by atoms with Crippen LogP contribution in [0.5, 0.6) is 0 Å². The summed E-state index contributed by atoms with van der Waals surface area (Å²) in [6, 6.07) is 4.89. The number of pyridine rings is 1. The van der Waals surface area contributed by atoms with E-state index in [0.717, 1.165) is 64.2 Å².